The largest absolute Gasteiger partial charge is 0.383 e. The van der Waals surface area contributed by atoms with Crippen molar-refractivity contribution >= 4 is 0 Å². The van der Waals surface area contributed by atoms with Gasteiger partial charge >= 0.3 is 0 Å². The summed E-state index contributed by atoms with van der Waals surface area (Å²) in [4.78, 5) is 2.45. The molecule has 0 aliphatic rings. The summed E-state index contributed by atoms with van der Waals surface area (Å²) in [5.41, 5.74) is 6.00. The highest BCUT2D eigenvalue weighted by molar-refractivity contribution is 4.91. The van der Waals surface area contributed by atoms with Gasteiger partial charge in [-0.05, 0) is 26.7 Å². The molecule has 1 atom stereocenters. The molecule has 0 spiro atoms. The summed E-state index contributed by atoms with van der Waals surface area (Å²) in [7, 11) is 1.74. The third-order valence-corrected chi connectivity index (χ3v) is 3.47. The fourth-order valence-corrected chi connectivity index (χ4v) is 1.98. The van der Waals surface area contributed by atoms with Crippen molar-refractivity contribution in [3.05, 3.63) is 0 Å². The molecule has 0 amide bonds. The van der Waals surface area contributed by atoms with Crippen LogP contribution in [-0.2, 0) is 4.74 Å². The van der Waals surface area contributed by atoms with Crippen molar-refractivity contribution in [3.8, 4) is 0 Å². The molecular weight excluding hydrogens is 188 g/mol. The van der Waals surface area contributed by atoms with Crippen LogP contribution in [0.4, 0.5) is 0 Å². The lowest BCUT2D eigenvalue weighted by Gasteiger charge is -2.46. The highest BCUT2D eigenvalue weighted by Gasteiger charge is 2.34. The molecule has 0 aromatic rings. The molecular formula is C12H28N2O. The van der Waals surface area contributed by atoms with Crippen LogP contribution in [0.15, 0.2) is 0 Å². The highest BCUT2D eigenvalue weighted by Crippen LogP contribution is 2.25. The molecule has 0 radical (unpaired) electrons. The molecule has 0 bridgehead atoms. The number of hydrogen-bond acceptors (Lipinski definition) is 3. The standard InChI is InChI=1S/C12H28N2O/c1-10(2)12(5,9-13)14(11(3)4)7-8-15-6/h10-11H,7-9,13H2,1-6H3. The SMILES string of the molecule is COCCN(C(C)C)C(C)(CN)C(C)C. The molecule has 15 heavy (non-hydrogen) atoms. The number of hydrogen-bond donors (Lipinski definition) is 1. The first-order valence-corrected chi connectivity index (χ1v) is 5.85. The molecule has 0 saturated heterocycles. The molecule has 0 saturated carbocycles. The van der Waals surface area contributed by atoms with Crippen molar-refractivity contribution in [2.75, 3.05) is 26.8 Å². The Morgan fingerprint density at radius 1 is 1.27 bits per heavy atom. The van der Waals surface area contributed by atoms with Crippen molar-refractivity contribution < 1.29 is 4.74 Å². The molecule has 0 fully saturated rings. The van der Waals surface area contributed by atoms with Crippen LogP contribution in [0, 0.1) is 5.92 Å². The average molecular weight is 216 g/mol. The Bertz CT molecular complexity index is 171. The first kappa shape index (κ1) is 14.9. The summed E-state index contributed by atoms with van der Waals surface area (Å²) in [6.45, 7) is 13.5. The maximum atomic E-state index is 5.94. The summed E-state index contributed by atoms with van der Waals surface area (Å²) in [6.07, 6.45) is 0. The minimum atomic E-state index is 0.0622. The number of ether oxygens (including phenoxy) is 1. The van der Waals surface area contributed by atoms with Crippen LogP contribution in [0.1, 0.15) is 34.6 Å². The Labute approximate surface area is 95.0 Å². The van der Waals surface area contributed by atoms with E-state index in [1.165, 1.54) is 0 Å². The van der Waals surface area contributed by atoms with Crippen LogP contribution in [0.3, 0.4) is 0 Å². The predicted octanol–water partition coefficient (Wildman–Crippen LogP) is 1.72. The number of rotatable bonds is 7. The molecule has 2 N–H and O–H groups in total. The van der Waals surface area contributed by atoms with Gasteiger partial charge in [0.25, 0.3) is 0 Å². The minimum Gasteiger partial charge on any atom is -0.383 e. The van der Waals surface area contributed by atoms with Crippen LogP contribution in [-0.4, -0.2) is 43.3 Å². The lowest BCUT2D eigenvalue weighted by molar-refractivity contribution is 0.0167. The van der Waals surface area contributed by atoms with E-state index in [0.29, 0.717) is 18.5 Å². The molecule has 0 rings (SSSR count). The van der Waals surface area contributed by atoms with Gasteiger partial charge in [0, 0.05) is 31.8 Å². The molecule has 1 unspecified atom stereocenters. The van der Waals surface area contributed by atoms with E-state index in [9.17, 15) is 0 Å². The van der Waals surface area contributed by atoms with Crippen LogP contribution in [0.5, 0.6) is 0 Å². The van der Waals surface area contributed by atoms with Crippen molar-refractivity contribution in [1.29, 1.82) is 0 Å². The molecule has 0 heterocycles. The Balaban J connectivity index is 4.69. The first-order valence-electron chi connectivity index (χ1n) is 5.85. The highest BCUT2D eigenvalue weighted by atomic mass is 16.5. The number of methoxy groups -OCH3 is 1. The van der Waals surface area contributed by atoms with Crippen molar-refractivity contribution in [3.63, 3.8) is 0 Å². The van der Waals surface area contributed by atoms with E-state index in [4.69, 9.17) is 10.5 Å². The summed E-state index contributed by atoms with van der Waals surface area (Å²) in [5.74, 6) is 0.543. The van der Waals surface area contributed by atoms with Crippen LogP contribution in [0.25, 0.3) is 0 Å². The molecule has 0 aliphatic heterocycles. The van der Waals surface area contributed by atoms with Crippen LogP contribution < -0.4 is 5.73 Å². The molecule has 3 nitrogen and oxygen atoms in total. The molecule has 0 aromatic heterocycles. The molecule has 0 aromatic carbocycles. The fraction of sp³-hybridized carbons (Fsp3) is 1.00. The van der Waals surface area contributed by atoms with E-state index in [0.717, 1.165) is 13.2 Å². The lowest BCUT2D eigenvalue weighted by atomic mass is 9.85. The molecule has 0 aliphatic carbocycles. The van der Waals surface area contributed by atoms with Gasteiger partial charge in [-0.3, -0.25) is 4.90 Å². The van der Waals surface area contributed by atoms with E-state index < -0.39 is 0 Å². The quantitative estimate of drug-likeness (QED) is 0.704. The summed E-state index contributed by atoms with van der Waals surface area (Å²) in [6, 6.07) is 0.496. The Hall–Kier alpha value is -0.120. The van der Waals surface area contributed by atoms with E-state index in [1.807, 2.05) is 0 Å². The van der Waals surface area contributed by atoms with Crippen molar-refractivity contribution in [2.45, 2.75) is 46.2 Å². The Morgan fingerprint density at radius 2 is 1.80 bits per heavy atom. The van der Waals surface area contributed by atoms with Gasteiger partial charge in [0.1, 0.15) is 0 Å². The van der Waals surface area contributed by atoms with Crippen LogP contribution in [0.2, 0.25) is 0 Å². The van der Waals surface area contributed by atoms with E-state index >= 15 is 0 Å². The Morgan fingerprint density at radius 3 is 2.07 bits per heavy atom. The predicted molar refractivity (Wildman–Crippen MR) is 66.0 cm³/mol. The van der Waals surface area contributed by atoms with Gasteiger partial charge in [-0.1, -0.05) is 13.8 Å². The number of nitrogens with zero attached hydrogens (tertiary/aromatic N) is 1. The van der Waals surface area contributed by atoms with Gasteiger partial charge in [-0.25, -0.2) is 0 Å². The van der Waals surface area contributed by atoms with E-state index in [-0.39, 0.29) is 5.54 Å². The summed E-state index contributed by atoms with van der Waals surface area (Å²) < 4.78 is 5.16. The second-order valence-corrected chi connectivity index (χ2v) is 5.00. The second-order valence-electron chi connectivity index (χ2n) is 5.00. The van der Waals surface area contributed by atoms with Gasteiger partial charge in [-0.2, -0.15) is 0 Å². The van der Waals surface area contributed by atoms with Crippen molar-refractivity contribution in [1.82, 2.24) is 4.90 Å². The molecule has 3 heteroatoms. The summed E-state index contributed by atoms with van der Waals surface area (Å²) >= 11 is 0. The maximum absolute atomic E-state index is 5.94. The topological polar surface area (TPSA) is 38.5 Å². The van der Waals surface area contributed by atoms with Gasteiger partial charge in [0.05, 0.1) is 6.61 Å². The van der Waals surface area contributed by atoms with E-state index in [2.05, 4.69) is 39.5 Å². The fourth-order valence-electron chi connectivity index (χ4n) is 1.98. The lowest BCUT2D eigenvalue weighted by Crippen LogP contribution is -2.58. The normalized spacial score (nSPS) is 16.4. The van der Waals surface area contributed by atoms with E-state index in [1.54, 1.807) is 7.11 Å². The monoisotopic (exact) mass is 216 g/mol. The average Bonchev–Trinajstić information content (AvgIpc) is 2.17. The number of nitrogens with two attached hydrogens (primary N) is 1. The summed E-state index contributed by atoms with van der Waals surface area (Å²) in [5, 5.41) is 0. The second kappa shape index (κ2) is 6.46. The smallest absolute Gasteiger partial charge is 0.0590 e. The van der Waals surface area contributed by atoms with Crippen molar-refractivity contribution in [2.24, 2.45) is 11.7 Å². The zero-order valence-electron chi connectivity index (χ0n) is 11.2. The zero-order valence-corrected chi connectivity index (χ0v) is 11.2. The van der Waals surface area contributed by atoms with Crippen LogP contribution >= 0.6 is 0 Å². The zero-order chi connectivity index (χ0) is 12.1. The van der Waals surface area contributed by atoms with Gasteiger partial charge in [0.15, 0.2) is 0 Å². The van der Waals surface area contributed by atoms with Gasteiger partial charge < -0.3 is 10.5 Å². The third kappa shape index (κ3) is 3.74. The first-order chi connectivity index (χ1) is 6.90. The minimum absolute atomic E-state index is 0.0622. The third-order valence-electron chi connectivity index (χ3n) is 3.47. The van der Waals surface area contributed by atoms with Gasteiger partial charge in [0.2, 0.25) is 0 Å². The van der Waals surface area contributed by atoms with Gasteiger partial charge in [-0.15, -0.1) is 0 Å². The molecule has 92 valence electrons. The maximum Gasteiger partial charge on any atom is 0.0590 e. The Kier molecular flexibility index (Phi) is 6.41.